The van der Waals surface area contributed by atoms with Gasteiger partial charge in [0, 0.05) is 18.4 Å². The predicted octanol–water partition coefficient (Wildman–Crippen LogP) is 2.25. The van der Waals surface area contributed by atoms with Crippen molar-refractivity contribution in [3.63, 3.8) is 0 Å². The zero-order valence-corrected chi connectivity index (χ0v) is 13.6. The van der Waals surface area contributed by atoms with Crippen LogP contribution in [0.3, 0.4) is 0 Å². The molecule has 0 aliphatic heterocycles. The van der Waals surface area contributed by atoms with Gasteiger partial charge in [-0.15, -0.1) is 12.4 Å². The first-order valence-corrected chi connectivity index (χ1v) is 6.99. The molecule has 23 heavy (non-hydrogen) atoms. The summed E-state index contributed by atoms with van der Waals surface area (Å²) in [6.45, 7) is 2.60. The van der Waals surface area contributed by atoms with Crippen LogP contribution in [0.2, 0.25) is 0 Å². The number of rotatable bonds is 7. The van der Waals surface area contributed by atoms with Crippen LogP contribution in [-0.2, 0) is 4.79 Å². The van der Waals surface area contributed by atoms with E-state index in [0.29, 0.717) is 30.3 Å². The van der Waals surface area contributed by atoms with Gasteiger partial charge in [0.25, 0.3) is 5.91 Å². The van der Waals surface area contributed by atoms with Crippen LogP contribution in [-0.4, -0.2) is 30.1 Å². The number of amides is 1. The summed E-state index contributed by atoms with van der Waals surface area (Å²) in [5, 5.41) is 2.78. The zero-order valence-electron chi connectivity index (χ0n) is 12.8. The van der Waals surface area contributed by atoms with Gasteiger partial charge < -0.3 is 20.5 Å². The minimum absolute atomic E-state index is 0. The van der Waals surface area contributed by atoms with Gasteiger partial charge in [-0.3, -0.25) is 9.78 Å². The number of carbonyl (C=O) groups excluding carboxylic acids is 1. The standard InChI is InChI=1S/C16H19N3O3.ClH/c1-12(22-15-3-2-9-18-11-15)16(20)19-13-4-6-14(7-5-13)21-10-8-17;/h2-7,9,11-12H,8,10,17H2,1H3,(H,19,20);1H. The minimum atomic E-state index is -0.627. The van der Waals surface area contributed by atoms with Gasteiger partial charge in [-0.05, 0) is 43.3 Å². The Balaban J connectivity index is 0.00000264. The average molecular weight is 338 g/mol. The maximum absolute atomic E-state index is 12.1. The lowest BCUT2D eigenvalue weighted by atomic mass is 10.3. The fourth-order valence-corrected chi connectivity index (χ4v) is 1.73. The molecule has 1 aromatic carbocycles. The van der Waals surface area contributed by atoms with E-state index >= 15 is 0 Å². The monoisotopic (exact) mass is 337 g/mol. The van der Waals surface area contributed by atoms with Crippen LogP contribution >= 0.6 is 12.4 Å². The van der Waals surface area contributed by atoms with E-state index in [9.17, 15) is 4.79 Å². The number of pyridine rings is 1. The number of hydrogen-bond donors (Lipinski definition) is 2. The van der Waals surface area contributed by atoms with Crippen molar-refractivity contribution in [2.24, 2.45) is 5.73 Å². The largest absolute Gasteiger partial charge is 0.492 e. The lowest BCUT2D eigenvalue weighted by Crippen LogP contribution is -2.30. The van der Waals surface area contributed by atoms with Crippen LogP contribution in [0, 0.1) is 0 Å². The molecule has 0 radical (unpaired) electrons. The number of benzene rings is 1. The molecule has 1 unspecified atom stereocenters. The fraction of sp³-hybridized carbons (Fsp3) is 0.250. The molecule has 0 aliphatic rings. The van der Waals surface area contributed by atoms with Gasteiger partial charge in [0.2, 0.25) is 0 Å². The Labute approximate surface area is 141 Å². The number of aromatic nitrogens is 1. The van der Waals surface area contributed by atoms with E-state index in [2.05, 4.69) is 10.3 Å². The van der Waals surface area contributed by atoms with Gasteiger partial charge in [-0.1, -0.05) is 0 Å². The highest BCUT2D eigenvalue weighted by atomic mass is 35.5. The van der Waals surface area contributed by atoms with Crippen molar-refractivity contribution in [2.75, 3.05) is 18.5 Å². The highest BCUT2D eigenvalue weighted by molar-refractivity contribution is 5.94. The summed E-state index contributed by atoms with van der Waals surface area (Å²) in [7, 11) is 0. The molecule has 0 fully saturated rings. The lowest BCUT2D eigenvalue weighted by molar-refractivity contribution is -0.122. The van der Waals surface area contributed by atoms with E-state index in [1.54, 1.807) is 55.7 Å². The summed E-state index contributed by atoms with van der Waals surface area (Å²) in [5.41, 5.74) is 6.04. The van der Waals surface area contributed by atoms with E-state index in [1.807, 2.05) is 0 Å². The van der Waals surface area contributed by atoms with Crippen LogP contribution in [0.1, 0.15) is 6.92 Å². The second-order valence-electron chi connectivity index (χ2n) is 4.60. The first-order chi connectivity index (χ1) is 10.7. The van der Waals surface area contributed by atoms with Crippen molar-refractivity contribution in [1.29, 1.82) is 0 Å². The van der Waals surface area contributed by atoms with Crippen molar-refractivity contribution < 1.29 is 14.3 Å². The molecule has 6 nitrogen and oxygen atoms in total. The van der Waals surface area contributed by atoms with Crippen molar-refractivity contribution in [1.82, 2.24) is 4.98 Å². The number of nitrogens with zero attached hydrogens (tertiary/aromatic N) is 1. The minimum Gasteiger partial charge on any atom is -0.492 e. The molecule has 124 valence electrons. The molecule has 7 heteroatoms. The summed E-state index contributed by atoms with van der Waals surface area (Å²) in [5.74, 6) is 1.03. The van der Waals surface area contributed by atoms with Gasteiger partial charge in [0.1, 0.15) is 18.1 Å². The second kappa shape index (κ2) is 9.66. The molecule has 0 bridgehead atoms. The smallest absolute Gasteiger partial charge is 0.265 e. The topological polar surface area (TPSA) is 86.5 Å². The maximum atomic E-state index is 12.1. The van der Waals surface area contributed by atoms with E-state index < -0.39 is 6.10 Å². The zero-order chi connectivity index (χ0) is 15.8. The third kappa shape index (κ3) is 6.14. The van der Waals surface area contributed by atoms with Gasteiger partial charge >= 0.3 is 0 Å². The number of anilines is 1. The third-order valence-corrected chi connectivity index (χ3v) is 2.82. The molecule has 1 aromatic heterocycles. The van der Waals surface area contributed by atoms with E-state index in [1.165, 1.54) is 0 Å². The van der Waals surface area contributed by atoms with Crippen LogP contribution in [0.4, 0.5) is 5.69 Å². The van der Waals surface area contributed by atoms with E-state index in [4.69, 9.17) is 15.2 Å². The Morgan fingerprint density at radius 1 is 1.26 bits per heavy atom. The Kier molecular flexibility index (Phi) is 7.87. The van der Waals surface area contributed by atoms with E-state index in [0.717, 1.165) is 0 Å². The first-order valence-electron chi connectivity index (χ1n) is 6.99. The van der Waals surface area contributed by atoms with Gasteiger partial charge in [0.05, 0.1) is 6.20 Å². The molecular formula is C16H20ClN3O3. The van der Waals surface area contributed by atoms with Crippen molar-refractivity contribution in [3.8, 4) is 11.5 Å². The summed E-state index contributed by atoms with van der Waals surface area (Å²) < 4.78 is 10.9. The normalized spacial score (nSPS) is 11.0. The average Bonchev–Trinajstić information content (AvgIpc) is 2.55. The van der Waals surface area contributed by atoms with Gasteiger partial charge in [0.15, 0.2) is 6.10 Å². The van der Waals surface area contributed by atoms with Crippen LogP contribution < -0.4 is 20.5 Å². The van der Waals surface area contributed by atoms with Crippen molar-refractivity contribution >= 4 is 24.0 Å². The molecule has 3 N–H and O–H groups in total. The maximum Gasteiger partial charge on any atom is 0.265 e. The quantitative estimate of drug-likeness (QED) is 0.809. The summed E-state index contributed by atoms with van der Waals surface area (Å²) in [6, 6.07) is 10.6. The third-order valence-electron chi connectivity index (χ3n) is 2.82. The summed E-state index contributed by atoms with van der Waals surface area (Å²) in [4.78, 5) is 16.0. The van der Waals surface area contributed by atoms with E-state index in [-0.39, 0.29) is 18.3 Å². The highest BCUT2D eigenvalue weighted by Crippen LogP contribution is 2.16. The van der Waals surface area contributed by atoms with Crippen LogP contribution in [0.25, 0.3) is 0 Å². The summed E-state index contributed by atoms with van der Waals surface area (Å²) >= 11 is 0. The van der Waals surface area contributed by atoms with Crippen LogP contribution in [0.15, 0.2) is 48.8 Å². The molecule has 2 rings (SSSR count). The van der Waals surface area contributed by atoms with Crippen LogP contribution in [0.5, 0.6) is 11.5 Å². The Hall–Kier alpha value is -2.31. The predicted molar refractivity (Wildman–Crippen MR) is 91.2 cm³/mol. The number of nitrogens with one attached hydrogen (secondary N) is 1. The molecule has 1 heterocycles. The number of halogens is 1. The highest BCUT2D eigenvalue weighted by Gasteiger charge is 2.14. The molecule has 0 spiro atoms. The lowest BCUT2D eigenvalue weighted by Gasteiger charge is -2.14. The van der Waals surface area contributed by atoms with Gasteiger partial charge in [-0.25, -0.2) is 0 Å². The summed E-state index contributed by atoms with van der Waals surface area (Å²) in [6.07, 6.45) is 2.58. The molecule has 1 atom stereocenters. The Morgan fingerprint density at radius 3 is 2.61 bits per heavy atom. The fourth-order valence-electron chi connectivity index (χ4n) is 1.73. The second-order valence-corrected chi connectivity index (χ2v) is 4.60. The SMILES string of the molecule is CC(Oc1cccnc1)C(=O)Nc1ccc(OCCN)cc1.Cl. The number of ether oxygens (including phenoxy) is 2. The number of carbonyl (C=O) groups is 1. The molecule has 0 saturated heterocycles. The molecule has 1 amide bonds. The van der Waals surface area contributed by atoms with Crippen molar-refractivity contribution in [2.45, 2.75) is 13.0 Å². The molecule has 2 aromatic rings. The first kappa shape index (κ1) is 18.7. The van der Waals surface area contributed by atoms with Gasteiger partial charge in [-0.2, -0.15) is 0 Å². The molecule has 0 saturated carbocycles. The van der Waals surface area contributed by atoms with Crippen molar-refractivity contribution in [3.05, 3.63) is 48.8 Å². The number of hydrogen-bond acceptors (Lipinski definition) is 5. The molecule has 0 aliphatic carbocycles. The molecular weight excluding hydrogens is 318 g/mol. The Morgan fingerprint density at radius 2 is 2.00 bits per heavy atom. The Bertz CT molecular complexity index is 593. The number of nitrogens with two attached hydrogens (primary N) is 1.